The fourth-order valence-electron chi connectivity index (χ4n) is 3.64. The fourth-order valence-corrected chi connectivity index (χ4v) is 3.64. The zero-order valence-corrected chi connectivity index (χ0v) is 12.7. The van der Waals surface area contributed by atoms with Gasteiger partial charge in [-0.15, -0.1) is 0 Å². The van der Waals surface area contributed by atoms with Crippen LogP contribution in [0.2, 0.25) is 0 Å². The van der Waals surface area contributed by atoms with Crippen LogP contribution in [0.4, 0.5) is 0 Å². The van der Waals surface area contributed by atoms with Crippen LogP contribution in [0.3, 0.4) is 0 Å². The second-order valence-electron chi connectivity index (χ2n) is 6.36. The molecular formula is C17H27N3. The summed E-state index contributed by atoms with van der Waals surface area (Å²) in [6.07, 6.45) is 13.6. The Bertz CT molecular complexity index is 438. The van der Waals surface area contributed by atoms with Crippen molar-refractivity contribution in [2.24, 2.45) is 0 Å². The average molecular weight is 273 g/mol. The van der Waals surface area contributed by atoms with E-state index in [9.17, 15) is 0 Å². The highest BCUT2D eigenvalue weighted by atomic mass is 14.9. The van der Waals surface area contributed by atoms with Crippen molar-refractivity contribution in [3.8, 4) is 0 Å². The van der Waals surface area contributed by atoms with Crippen LogP contribution in [0.25, 0.3) is 0 Å². The van der Waals surface area contributed by atoms with Crippen LogP contribution in [0.15, 0.2) is 6.20 Å². The molecule has 0 aromatic carbocycles. The molecule has 1 heterocycles. The maximum absolute atomic E-state index is 4.96. The standard InChI is InChI=1S/C17H27N3/c1-2-11-18-15-9-5-6-10-16-14(15)12-19-17(20-16)13-7-3-4-8-13/h12-13,15,18H,2-11H2,1H3. The Balaban J connectivity index is 1.82. The SMILES string of the molecule is CCCNC1CCCCc2nc(C3CCCC3)ncc21. The van der Waals surface area contributed by atoms with Gasteiger partial charge in [0.05, 0.1) is 0 Å². The molecule has 3 heteroatoms. The second-order valence-corrected chi connectivity index (χ2v) is 6.36. The molecule has 3 rings (SSSR count). The Kier molecular flexibility index (Phi) is 4.66. The molecule has 110 valence electrons. The Hall–Kier alpha value is -0.960. The first-order valence-electron chi connectivity index (χ1n) is 8.47. The number of aromatic nitrogens is 2. The number of hydrogen-bond donors (Lipinski definition) is 1. The van der Waals surface area contributed by atoms with Gasteiger partial charge in [0.2, 0.25) is 0 Å². The molecule has 0 saturated heterocycles. The smallest absolute Gasteiger partial charge is 0.131 e. The maximum atomic E-state index is 4.96. The van der Waals surface area contributed by atoms with E-state index in [4.69, 9.17) is 9.97 Å². The number of fused-ring (bicyclic) bond motifs is 1. The van der Waals surface area contributed by atoms with Gasteiger partial charge in [0.15, 0.2) is 0 Å². The molecule has 20 heavy (non-hydrogen) atoms. The van der Waals surface area contributed by atoms with Crippen LogP contribution in [0.1, 0.15) is 87.3 Å². The van der Waals surface area contributed by atoms with E-state index in [-0.39, 0.29) is 0 Å². The molecule has 1 atom stereocenters. The van der Waals surface area contributed by atoms with Gasteiger partial charge in [-0.1, -0.05) is 26.2 Å². The Labute approximate surface area is 122 Å². The number of nitrogens with zero attached hydrogens (tertiary/aromatic N) is 2. The van der Waals surface area contributed by atoms with Gasteiger partial charge in [0.1, 0.15) is 5.82 Å². The predicted molar refractivity (Wildman–Crippen MR) is 81.8 cm³/mol. The van der Waals surface area contributed by atoms with Crippen molar-refractivity contribution in [2.75, 3.05) is 6.54 Å². The van der Waals surface area contributed by atoms with Crippen molar-refractivity contribution in [3.63, 3.8) is 0 Å². The van der Waals surface area contributed by atoms with Gasteiger partial charge in [0, 0.05) is 29.4 Å². The normalized spacial score (nSPS) is 23.6. The van der Waals surface area contributed by atoms with E-state index in [0.29, 0.717) is 12.0 Å². The lowest BCUT2D eigenvalue weighted by Gasteiger charge is -2.19. The minimum Gasteiger partial charge on any atom is -0.310 e. The summed E-state index contributed by atoms with van der Waals surface area (Å²) in [6, 6.07) is 0.477. The molecule has 0 aliphatic heterocycles. The number of rotatable bonds is 4. The van der Waals surface area contributed by atoms with E-state index in [1.54, 1.807) is 0 Å². The third-order valence-electron chi connectivity index (χ3n) is 4.81. The van der Waals surface area contributed by atoms with Crippen LogP contribution in [0.5, 0.6) is 0 Å². The van der Waals surface area contributed by atoms with Crippen molar-refractivity contribution in [3.05, 3.63) is 23.3 Å². The van der Waals surface area contributed by atoms with Crippen LogP contribution in [0, 0.1) is 0 Å². The van der Waals surface area contributed by atoms with E-state index in [2.05, 4.69) is 18.4 Å². The molecule has 2 aliphatic rings. The van der Waals surface area contributed by atoms with E-state index >= 15 is 0 Å². The first-order valence-corrected chi connectivity index (χ1v) is 8.47. The largest absolute Gasteiger partial charge is 0.310 e. The lowest BCUT2D eigenvalue weighted by molar-refractivity contribution is 0.487. The quantitative estimate of drug-likeness (QED) is 0.845. The number of hydrogen-bond acceptors (Lipinski definition) is 3. The molecule has 0 radical (unpaired) electrons. The topological polar surface area (TPSA) is 37.8 Å². The summed E-state index contributed by atoms with van der Waals surface area (Å²) in [7, 11) is 0. The van der Waals surface area contributed by atoms with Gasteiger partial charge in [-0.05, 0) is 45.1 Å². The van der Waals surface area contributed by atoms with Gasteiger partial charge in [-0.3, -0.25) is 0 Å². The summed E-state index contributed by atoms with van der Waals surface area (Å²) in [5, 5.41) is 3.68. The number of nitrogens with one attached hydrogen (secondary N) is 1. The molecule has 0 spiro atoms. The van der Waals surface area contributed by atoms with Gasteiger partial charge < -0.3 is 5.32 Å². The van der Waals surface area contributed by atoms with E-state index in [1.807, 2.05) is 0 Å². The van der Waals surface area contributed by atoms with Crippen molar-refractivity contribution < 1.29 is 0 Å². The summed E-state index contributed by atoms with van der Waals surface area (Å²) in [4.78, 5) is 9.69. The Morgan fingerprint density at radius 1 is 1.15 bits per heavy atom. The summed E-state index contributed by atoms with van der Waals surface area (Å²) in [5.74, 6) is 1.75. The van der Waals surface area contributed by atoms with Gasteiger partial charge in [0.25, 0.3) is 0 Å². The molecule has 1 aromatic heterocycles. The molecule has 1 unspecified atom stereocenters. The van der Waals surface area contributed by atoms with E-state index < -0.39 is 0 Å². The van der Waals surface area contributed by atoms with Crippen LogP contribution in [-0.2, 0) is 6.42 Å². The highest BCUT2D eigenvalue weighted by Crippen LogP contribution is 2.34. The van der Waals surface area contributed by atoms with E-state index in [1.165, 1.54) is 62.6 Å². The summed E-state index contributed by atoms with van der Waals surface area (Å²) in [5.41, 5.74) is 2.70. The third-order valence-corrected chi connectivity index (χ3v) is 4.81. The molecule has 3 nitrogen and oxygen atoms in total. The van der Waals surface area contributed by atoms with Crippen molar-refractivity contribution in [1.29, 1.82) is 0 Å². The zero-order chi connectivity index (χ0) is 13.8. The summed E-state index contributed by atoms with van der Waals surface area (Å²) < 4.78 is 0. The molecule has 1 fully saturated rings. The van der Waals surface area contributed by atoms with Gasteiger partial charge >= 0.3 is 0 Å². The summed E-state index contributed by atoms with van der Waals surface area (Å²) in [6.45, 7) is 3.32. The monoisotopic (exact) mass is 273 g/mol. The number of aryl methyl sites for hydroxylation is 1. The van der Waals surface area contributed by atoms with Gasteiger partial charge in [-0.25, -0.2) is 9.97 Å². The second kappa shape index (κ2) is 6.66. The first-order chi connectivity index (χ1) is 9.88. The van der Waals surface area contributed by atoms with E-state index in [0.717, 1.165) is 18.8 Å². The zero-order valence-electron chi connectivity index (χ0n) is 12.7. The lowest BCUT2D eigenvalue weighted by Crippen LogP contribution is -2.23. The third kappa shape index (κ3) is 3.03. The lowest BCUT2D eigenvalue weighted by atomic mass is 10.0. The predicted octanol–water partition coefficient (Wildman–Crippen LogP) is 3.90. The molecule has 1 N–H and O–H groups in total. The van der Waals surface area contributed by atoms with Crippen molar-refractivity contribution >= 4 is 0 Å². The molecule has 2 aliphatic carbocycles. The Morgan fingerprint density at radius 2 is 1.95 bits per heavy atom. The molecular weight excluding hydrogens is 246 g/mol. The van der Waals surface area contributed by atoms with Crippen LogP contribution in [-0.4, -0.2) is 16.5 Å². The fraction of sp³-hybridized carbons (Fsp3) is 0.765. The first kappa shape index (κ1) is 14.0. The highest BCUT2D eigenvalue weighted by Gasteiger charge is 2.24. The maximum Gasteiger partial charge on any atom is 0.131 e. The van der Waals surface area contributed by atoms with Crippen LogP contribution >= 0.6 is 0 Å². The van der Waals surface area contributed by atoms with Crippen LogP contribution < -0.4 is 5.32 Å². The highest BCUT2D eigenvalue weighted by molar-refractivity contribution is 5.24. The molecule has 0 bridgehead atoms. The van der Waals surface area contributed by atoms with Crippen molar-refractivity contribution in [1.82, 2.24) is 15.3 Å². The molecule has 0 amide bonds. The van der Waals surface area contributed by atoms with Crippen molar-refractivity contribution in [2.45, 2.75) is 76.7 Å². The minimum atomic E-state index is 0.477. The summed E-state index contributed by atoms with van der Waals surface area (Å²) >= 11 is 0. The minimum absolute atomic E-state index is 0.477. The molecule has 1 aromatic rings. The Morgan fingerprint density at radius 3 is 2.75 bits per heavy atom. The van der Waals surface area contributed by atoms with Gasteiger partial charge in [-0.2, -0.15) is 0 Å². The average Bonchev–Trinajstić information content (AvgIpc) is 2.94. The molecule has 1 saturated carbocycles.